The number of ether oxygens (including phenoxy) is 3. The molecule has 65 heavy (non-hydrogen) atoms. The Labute approximate surface area is 406 Å². The van der Waals surface area contributed by atoms with Gasteiger partial charge >= 0.3 is 17.9 Å². The van der Waals surface area contributed by atoms with E-state index in [1.165, 1.54) is 218 Å². The lowest BCUT2D eigenvalue weighted by Gasteiger charge is -2.18. The van der Waals surface area contributed by atoms with Gasteiger partial charge in [0.05, 0.1) is 0 Å². The number of hydrogen-bond acceptors (Lipinski definition) is 6. The average molecular weight is 920 g/mol. The van der Waals surface area contributed by atoms with Gasteiger partial charge in [0.1, 0.15) is 13.2 Å². The Balaban J connectivity index is 4.24. The highest BCUT2D eigenvalue weighted by atomic mass is 16.6. The third-order valence-electron chi connectivity index (χ3n) is 13.8. The minimum Gasteiger partial charge on any atom is -0.462 e. The quantitative estimate of drug-likeness (QED) is 0.0344. The summed E-state index contributed by atoms with van der Waals surface area (Å²) in [5.41, 5.74) is 0. The first-order chi connectivity index (χ1) is 31.8. The Hall–Kier alpha value is -1.59. The highest BCUT2D eigenvalue weighted by Crippen LogP contribution is 2.19. The molecule has 0 bridgehead atoms. The molecule has 0 fully saturated rings. The van der Waals surface area contributed by atoms with Gasteiger partial charge in [0.2, 0.25) is 0 Å². The van der Waals surface area contributed by atoms with Crippen molar-refractivity contribution in [3.63, 3.8) is 0 Å². The van der Waals surface area contributed by atoms with E-state index in [-0.39, 0.29) is 31.1 Å². The zero-order valence-corrected chi connectivity index (χ0v) is 44.6. The van der Waals surface area contributed by atoms with Crippen molar-refractivity contribution in [1.29, 1.82) is 0 Å². The van der Waals surface area contributed by atoms with Crippen LogP contribution in [-0.4, -0.2) is 37.2 Å². The fraction of sp³-hybridized carbons (Fsp3) is 0.949. The largest absolute Gasteiger partial charge is 0.462 e. The summed E-state index contributed by atoms with van der Waals surface area (Å²) in [6.07, 6.45) is 55.2. The Morgan fingerprint density at radius 1 is 0.323 bits per heavy atom. The molecule has 0 rings (SSSR count). The minimum atomic E-state index is -0.763. The highest BCUT2D eigenvalue weighted by Gasteiger charge is 2.19. The Bertz CT molecular complexity index is 995. The Morgan fingerprint density at radius 3 is 0.877 bits per heavy atom. The maximum Gasteiger partial charge on any atom is 0.306 e. The molecule has 0 N–H and O–H groups in total. The summed E-state index contributed by atoms with van der Waals surface area (Å²) >= 11 is 0. The molecule has 2 atom stereocenters. The van der Waals surface area contributed by atoms with Crippen molar-refractivity contribution < 1.29 is 28.6 Å². The molecule has 0 aromatic carbocycles. The lowest BCUT2D eigenvalue weighted by molar-refractivity contribution is -0.167. The third kappa shape index (κ3) is 51.6. The molecule has 0 heterocycles. The van der Waals surface area contributed by atoms with Gasteiger partial charge in [-0.1, -0.05) is 291 Å². The van der Waals surface area contributed by atoms with E-state index in [1.54, 1.807) is 0 Å². The van der Waals surface area contributed by atoms with E-state index >= 15 is 0 Å². The van der Waals surface area contributed by atoms with Crippen LogP contribution in [0, 0.1) is 11.8 Å². The van der Waals surface area contributed by atoms with Crippen LogP contribution < -0.4 is 0 Å². The minimum absolute atomic E-state index is 0.0633. The van der Waals surface area contributed by atoms with Gasteiger partial charge in [-0.25, -0.2) is 0 Å². The molecule has 0 aromatic rings. The second kappa shape index (κ2) is 51.8. The zero-order valence-electron chi connectivity index (χ0n) is 44.6. The van der Waals surface area contributed by atoms with Crippen molar-refractivity contribution in [3.05, 3.63) is 0 Å². The topological polar surface area (TPSA) is 78.9 Å². The predicted octanol–water partition coefficient (Wildman–Crippen LogP) is 19.3. The summed E-state index contributed by atoms with van der Waals surface area (Å²) < 4.78 is 16.9. The number of unbranched alkanes of at least 4 members (excludes halogenated alkanes) is 37. The first kappa shape index (κ1) is 63.4. The van der Waals surface area contributed by atoms with Crippen LogP contribution in [-0.2, 0) is 28.6 Å². The van der Waals surface area contributed by atoms with E-state index in [1.807, 2.05) is 0 Å². The molecule has 0 aliphatic carbocycles. The summed E-state index contributed by atoms with van der Waals surface area (Å²) in [4.78, 5) is 38.1. The third-order valence-corrected chi connectivity index (χ3v) is 13.8. The molecule has 0 saturated carbocycles. The maximum atomic E-state index is 12.8. The van der Waals surface area contributed by atoms with Gasteiger partial charge in [-0.2, -0.15) is 0 Å². The van der Waals surface area contributed by atoms with Crippen molar-refractivity contribution in [2.75, 3.05) is 13.2 Å². The fourth-order valence-electron chi connectivity index (χ4n) is 9.02. The molecule has 386 valence electrons. The van der Waals surface area contributed by atoms with Crippen LogP contribution in [0.25, 0.3) is 0 Å². The van der Waals surface area contributed by atoms with E-state index in [0.717, 1.165) is 69.6 Å². The molecule has 0 saturated heterocycles. The van der Waals surface area contributed by atoms with Crippen molar-refractivity contribution in [3.8, 4) is 0 Å². The van der Waals surface area contributed by atoms with Crippen molar-refractivity contribution >= 4 is 17.9 Å². The number of esters is 3. The lowest BCUT2D eigenvalue weighted by atomic mass is 9.99. The first-order valence-electron chi connectivity index (χ1n) is 29.3. The van der Waals surface area contributed by atoms with Crippen LogP contribution in [0.15, 0.2) is 0 Å². The van der Waals surface area contributed by atoms with Gasteiger partial charge in [0.15, 0.2) is 6.10 Å². The average Bonchev–Trinajstić information content (AvgIpc) is 3.29. The van der Waals surface area contributed by atoms with Gasteiger partial charge in [-0.3, -0.25) is 14.4 Å². The second-order valence-corrected chi connectivity index (χ2v) is 21.0. The zero-order chi connectivity index (χ0) is 47.5. The molecule has 1 unspecified atom stereocenters. The molecule has 0 amide bonds. The maximum absolute atomic E-state index is 12.8. The first-order valence-corrected chi connectivity index (χ1v) is 29.3. The van der Waals surface area contributed by atoms with Gasteiger partial charge < -0.3 is 14.2 Å². The summed E-state index contributed by atoms with van der Waals surface area (Å²) in [5, 5.41) is 0. The normalized spacial score (nSPS) is 12.5. The summed E-state index contributed by atoms with van der Waals surface area (Å²) in [6, 6.07) is 0. The SMILES string of the molecule is CCCCCCCCCCCCCCCCCCCCC(=O)OC[C@@H](COC(=O)CCCCCCCCCCCCCCCCC(C)CC)OC(=O)CCCCCCCCCCC(C)C. The summed E-state index contributed by atoms with van der Waals surface area (Å²) in [7, 11) is 0. The van der Waals surface area contributed by atoms with Crippen LogP contribution >= 0.6 is 0 Å². The molecule has 6 heteroatoms. The summed E-state index contributed by atoms with van der Waals surface area (Å²) in [5.74, 6) is 0.847. The van der Waals surface area contributed by atoms with Crippen LogP contribution in [0.3, 0.4) is 0 Å². The molecule has 6 nitrogen and oxygen atoms in total. The van der Waals surface area contributed by atoms with Crippen molar-refractivity contribution in [1.82, 2.24) is 0 Å². The van der Waals surface area contributed by atoms with Gasteiger partial charge in [0.25, 0.3) is 0 Å². The monoisotopic (exact) mass is 919 g/mol. The van der Waals surface area contributed by atoms with Gasteiger partial charge in [-0.05, 0) is 31.1 Å². The van der Waals surface area contributed by atoms with E-state index < -0.39 is 6.10 Å². The lowest BCUT2D eigenvalue weighted by Crippen LogP contribution is -2.30. The van der Waals surface area contributed by atoms with Crippen LogP contribution in [0.4, 0.5) is 0 Å². The molecule has 0 spiro atoms. The van der Waals surface area contributed by atoms with Gasteiger partial charge in [-0.15, -0.1) is 0 Å². The van der Waals surface area contributed by atoms with Crippen LogP contribution in [0.5, 0.6) is 0 Å². The number of hydrogen-bond donors (Lipinski definition) is 0. The molecule has 0 aliphatic rings. The molecular weight excluding hydrogens is 805 g/mol. The van der Waals surface area contributed by atoms with Crippen LogP contribution in [0.1, 0.15) is 330 Å². The smallest absolute Gasteiger partial charge is 0.306 e. The van der Waals surface area contributed by atoms with E-state index in [0.29, 0.717) is 19.3 Å². The Kier molecular flexibility index (Phi) is 50.5. The second-order valence-electron chi connectivity index (χ2n) is 21.0. The Morgan fingerprint density at radius 2 is 0.585 bits per heavy atom. The number of carbonyl (C=O) groups excluding carboxylic acids is 3. The predicted molar refractivity (Wildman–Crippen MR) is 280 cm³/mol. The van der Waals surface area contributed by atoms with Gasteiger partial charge in [0, 0.05) is 19.3 Å². The van der Waals surface area contributed by atoms with E-state index in [2.05, 4.69) is 34.6 Å². The van der Waals surface area contributed by atoms with Crippen LogP contribution in [0.2, 0.25) is 0 Å². The fourth-order valence-corrected chi connectivity index (χ4v) is 9.02. The van der Waals surface area contributed by atoms with E-state index in [9.17, 15) is 14.4 Å². The van der Waals surface area contributed by atoms with Crippen molar-refractivity contribution in [2.24, 2.45) is 11.8 Å². The molecule has 0 radical (unpaired) electrons. The van der Waals surface area contributed by atoms with Crippen molar-refractivity contribution in [2.45, 2.75) is 336 Å². The standard InChI is InChI=1S/C59H114O6/c1-6-8-9-10-11-12-13-14-15-16-17-18-22-25-28-34-39-44-49-57(60)63-52-56(65-59(62)51-46-41-36-31-30-32-37-42-47-54(3)4)53-64-58(61)50-45-40-35-29-26-23-20-19-21-24-27-33-38-43-48-55(5)7-2/h54-56H,6-53H2,1-5H3/t55?,56-/m0/s1. The number of rotatable bonds is 53. The molecule has 0 aromatic heterocycles. The summed E-state index contributed by atoms with van der Waals surface area (Å²) in [6.45, 7) is 11.4. The molecule has 0 aliphatic heterocycles. The number of carbonyl (C=O) groups is 3. The van der Waals surface area contributed by atoms with E-state index in [4.69, 9.17) is 14.2 Å². The molecular formula is C59H114O6. The highest BCUT2D eigenvalue weighted by molar-refractivity contribution is 5.71.